The van der Waals surface area contributed by atoms with Crippen LogP contribution >= 0.6 is 11.6 Å². The number of ketones is 1. The standard InChI is InChI=1S/C13H15ClO2/c14-10-5-3-4-9(8-10)13(16)11-6-1-2-7-12(11)15/h3-5,8,11,13,16H,1-2,6-7H2/t11-,13+/m1/s1. The molecular formula is C13H15ClO2. The van der Waals surface area contributed by atoms with E-state index >= 15 is 0 Å². The highest BCUT2D eigenvalue weighted by molar-refractivity contribution is 6.30. The van der Waals surface area contributed by atoms with E-state index in [1.807, 2.05) is 6.07 Å². The summed E-state index contributed by atoms with van der Waals surface area (Å²) in [5.41, 5.74) is 0.743. The number of rotatable bonds is 2. The summed E-state index contributed by atoms with van der Waals surface area (Å²) in [6.45, 7) is 0. The molecule has 1 N–H and O–H groups in total. The zero-order chi connectivity index (χ0) is 11.5. The first-order valence-electron chi connectivity index (χ1n) is 5.65. The summed E-state index contributed by atoms with van der Waals surface area (Å²) < 4.78 is 0. The molecule has 2 atom stereocenters. The number of aliphatic hydroxyl groups is 1. The minimum absolute atomic E-state index is 0.179. The van der Waals surface area contributed by atoms with Gasteiger partial charge in [-0.1, -0.05) is 30.2 Å². The molecule has 1 fully saturated rings. The van der Waals surface area contributed by atoms with Crippen molar-refractivity contribution in [1.82, 2.24) is 0 Å². The van der Waals surface area contributed by atoms with Crippen molar-refractivity contribution in [3.05, 3.63) is 34.9 Å². The van der Waals surface area contributed by atoms with Gasteiger partial charge < -0.3 is 5.11 Å². The van der Waals surface area contributed by atoms with Crippen LogP contribution in [0.5, 0.6) is 0 Å². The van der Waals surface area contributed by atoms with E-state index in [2.05, 4.69) is 0 Å². The Kier molecular flexibility index (Phi) is 3.62. The van der Waals surface area contributed by atoms with E-state index in [1.54, 1.807) is 18.2 Å². The summed E-state index contributed by atoms with van der Waals surface area (Å²) >= 11 is 5.87. The second-order valence-electron chi connectivity index (χ2n) is 4.32. The third-order valence-electron chi connectivity index (χ3n) is 3.17. The molecule has 1 aromatic carbocycles. The van der Waals surface area contributed by atoms with Gasteiger partial charge in [0.15, 0.2) is 0 Å². The number of hydrogen-bond acceptors (Lipinski definition) is 2. The van der Waals surface area contributed by atoms with Gasteiger partial charge in [0.05, 0.1) is 6.10 Å². The fourth-order valence-corrected chi connectivity index (χ4v) is 2.47. The Morgan fingerprint density at radius 1 is 1.38 bits per heavy atom. The average molecular weight is 239 g/mol. The van der Waals surface area contributed by atoms with E-state index in [1.165, 1.54) is 0 Å². The molecule has 1 aliphatic carbocycles. The molecule has 16 heavy (non-hydrogen) atoms. The van der Waals surface area contributed by atoms with Gasteiger partial charge in [-0.3, -0.25) is 4.79 Å². The number of benzene rings is 1. The molecule has 1 aliphatic rings. The highest BCUT2D eigenvalue weighted by atomic mass is 35.5. The van der Waals surface area contributed by atoms with Crippen LogP contribution in [0.15, 0.2) is 24.3 Å². The summed E-state index contributed by atoms with van der Waals surface area (Å²) in [5, 5.41) is 10.8. The summed E-state index contributed by atoms with van der Waals surface area (Å²) in [6.07, 6.45) is 2.66. The Morgan fingerprint density at radius 3 is 2.88 bits per heavy atom. The zero-order valence-electron chi connectivity index (χ0n) is 9.03. The van der Waals surface area contributed by atoms with Gasteiger partial charge in [-0.2, -0.15) is 0 Å². The fraction of sp³-hybridized carbons (Fsp3) is 0.462. The van der Waals surface area contributed by atoms with Crippen LogP contribution in [0.1, 0.15) is 37.4 Å². The smallest absolute Gasteiger partial charge is 0.138 e. The van der Waals surface area contributed by atoms with Crippen molar-refractivity contribution >= 4 is 17.4 Å². The second kappa shape index (κ2) is 4.98. The Balaban J connectivity index is 2.17. The summed E-state index contributed by atoms with van der Waals surface area (Å²) in [4.78, 5) is 11.7. The number of hydrogen-bond donors (Lipinski definition) is 1. The molecule has 1 aromatic rings. The van der Waals surface area contributed by atoms with Crippen LogP contribution < -0.4 is 0 Å². The second-order valence-corrected chi connectivity index (χ2v) is 4.75. The molecule has 3 heteroatoms. The Labute approximate surface area is 100 Å². The van der Waals surface area contributed by atoms with E-state index in [9.17, 15) is 9.90 Å². The molecule has 1 saturated carbocycles. The Hall–Kier alpha value is -0.860. The molecular weight excluding hydrogens is 224 g/mol. The minimum Gasteiger partial charge on any atom is -0.388 e. The summed E-state index contributed by atoms with van der Waals surface area (Å²) in [5.74, 6) is -0.0639. The lowest BCUT2D eigenvalue weighted by Crippen LogP contribution is -2.25. The number of aliphatic hydroxyl groups excluding tert-OH is 1. The third-order valence-corrected chi connectivity index (χ3v) is 3.41. The fourth-order valence-electron chi connectivity index (χ4n) is 2.27. The maximum absolute atomic E-state index is 11.7. The molecule has 0 aromatic heterocycles. The predicted octanol–water partition coefficient (Wildman–Crippen LogP) is 3.13. The van der Waals surface area contributed by atoms with Gasteiger partial charge in [0.1, 0.15) is 5.78 Å². The van der Waals surface area contributed by atoms with E-state index in [-0.39, 0.29) is 11.7 Å². The number of carbonyl (C=O) groups is 1. The molecule has 0 saturated heterocycles. The average Bonchev–Trinajstić information content (AvgIpc) is 2.29. The molecule has 0 radical (unpaired) electrons. The van der Waals surface area contributed by atoms with Crippen molar-refractivity contribution in [2.24, 2.45) is 5.92 Å². The van der Waals surface area contributed by atoms with E-state index in [0.717, 1.165) is 24.8 Å². The quantitative estimate of drug-likeness (QED) is 0.860. The zero-order valence-corrected chi connectivity index (χ0v) is 9.78. The lowest BCUT2D eigenvalue weighted by molar-refractivity contribution is -0.128. The monoisotopic (exact) mass is 238 g/mol. The first-order valence-corrected chi connectivity index (χ1v) is 6.02. The van der Waals surface area contributed by atoms with Crippen molar-refractivity contribution in [2.75, 3.05) is 0 Å². The molecule has 0 heterocycles. The van der Waals surface area contributed by atoms with E-state index in [4.69, 9.17) is 11.6 Å². The van der Waals surface area contributed by atoms with E-state index < -0.39 is 6.10 Å². The molecule has 0 amide bonds. The predicted molar refractivity (Wildman–Crippen MR) is 63.4 cm³/mol. The van der Waals surface area contributed by atoms with Crippen LogP contribution in [0.2, 0.25) is 5.02 Å². The maximum Gasteiger partial charge on any atom is 0.138 e. The minimum atomic E-state index is -0.702. The van der Waals surface area contributed by atoms with Gasteiger partial charge in [0.25, 0.3) is 0 Å². The topological polar surface area (TPSA) is 37.3 Å². The van der Waals surface area contributed by atoms with Crippen LogP contribution in [0, 0.1) is 5.92 Å². The molecule has 0 spiro atoms. The van der Waals surface area contributed by atoms with Gasteiger partial charge in [-0.05, 0) is 30.5 Å². The SMILES string of the molecule is O=C1CCCC[C@H]1[C@@H](O)c1cccc(Cl)c1. The van der Waals surface area contributed by atoms with Crippen LogP contribution in [-0.2, 0) is 4.79 Å². The Bertz CT molecular complexity index is 389. The van der Waals surface area contributed by atoms with Gasteiger partial charge in [-0.15, -0.1) is 0 Å². The van der Waals surface area contributed by atoms with Crippen LogP contribution in [-0.4, -0.2) is 10.9 Å². The van der Waals surface area contributed by atoms with Gasteiger partial charge in [0.2, 0.25) is 0 Å². The molecule has 0 aliphatic heterocycles. The van der Waals surface area contributed by atoms with Gasteiger partial charge >= 0.3 is 0 Å². The first kappa shape index (κ1) is 11.6. The third kappa shape index (κ3) is 2.45. The normalized spacial score (nSPS) is 23.1. The highest BCUT2D eigenvalue weighted by Crippen LogP contribution is 2.32. The van der Waals surface area contributed by atoms with Crippen molar-refractivity contribution in [3.63, 3.8) is 0 Å². The van der Waals surface area contributed by atoms with Crippen LogP contribution in [0.3, 0.4) is 0 Å². The number of halogens is 1. The maximum atomic E-state index is 11.7. The first-order chi connectivity index (χ1) is 7.68. The molecule has 0 unspecified atom stereocenters. The van der Waals surface area contributed by atoms with Crippen molar-refractivity contribution in [1.29, 1.82) is 0 Å². The largest absolute Gasteiger partial charge is 0.388 e. The summed E-state index contributed by atoms with van der Waals surface area (Å²) in [6, 6.07) is 7.11. The lowest BCUT2D eigenvalue weighted by Gasteiger charge is -2.25. The van der Waals surface area contributed by atoms with E-state index in [0.29, 0.717) is 11.4 Å². The van der Waals surface area contributed by atoms with Gasteiger partial charge in [-0.25, -0.2) is 0 Å². The van der Waals surface area contributed by atoms with Crippen LogP contribution in [0.25, 0.3) is 0 Å². The van der Waals surface area contributed by atoms with Crippen molar-refractivity contribution in [3.8, 4) is 0 Å². The lowest BCUT2D eigenvalue weighted by atomic mass is 9.82. The number of carbonyl (C=O) groups excluding carboxylic acids is 1. The molecule has 2 rings (SSSR count). The van der Waals surface area contributed by atoms with Crippen LogP contribution in [0.4, 0.5) is 0 Å². The Morgan fingerprint density at radius 2 is 2.19 bits per heavy atom. The molecule has 86 valence electrons. The number of Topliss-reactive ketones (excluding diaryl/α,β-unsaturated/α-hetero) is 1. The van der Waals surface area contributed by atoms with Crippen molar-refractivity contribution in [2.45, 2.75) is 31.8 Å². The van der Waals surface area contributed by atoms with Crippen molar-refractivity contribution < 1.29 is 9.90 Å². The highest BCUT2D eigenvalue weighted by Gasteiger charge is 2.29. The molecule has 0 bridgehead atoms. The summed E-state index contributed by atoms with van der Waals surface area (Å²) in [7, 11) is 0. The molecule has 2 nitrogen and oxygen atoms in total. The van der Waals surface area contributed by atoms with Gasteiger partial charge in [0, 0.05) is 17.4 Å².